The molecule has 24 heavy (non-hydrogen) atoms. The highest BCUT2D eigenvalue weighted by Gasteiger charge is 2.15. The van der Waals surface area contributed by atoms with Crippen LogP contribution in [0.3, 0.4) is 0 Å². The number of aliphatic hydroxyl groups is 1. The predicted octanol–water partition coefficient (Wildman–Crippen LogP) is 3.13. The molecule has 0 spiro atoms. The smallest absolute Gasteiger partial charge is 0.0991 e. The number of rotatable bonds is 7. The van der Waals surface area contributed by atoms with E-state index in [1.165, 1.54) is 5.56 Å². The van der Waals surface area contributed by atoms with Gasteiger partial charge in [0.05, 0.1) is 12.4 Å². The summed E-state index contributed by atoms with van der Waals surface area (Å²) in [4.78, 5) is 4.05. The monoisotopic (exact) mass is 321 g/mol. The summed E-state index contributed by atoms with van der Waals surface area (Å²) in [6.45, 7) is 3.36. The van der Waals surface area contributed by atoms with Crippen LogP contribution in [0.5, 0.6) is 0 Å². The van der Waals surface area contributed by atoms with Crippen molar-refractivity contribution >= 4 is 0 Å². The fourth-order valence-electron chi connectivity index (χ4n) is 2.72. The van der Waals surface area contributed by atoms with E-state index in [0.717, 1.165) is 17.8 Å². The van der Waals surface area contributed by atoms with Gasteiger partial charge in [-0.15, -0.1) is 0 Å². The quantitative estimate of drug-likeness (QED) is 0.703. The Hall–Kier alpha value is -2.43. The normalized spacial score (nSPS) is 13.6. The third kappa shape index (κ3) is 4.10. The second kappa shape index (κ2) is 7.90. The molecule has 0 bridgehead atoms. The van der Waals surface area contributed by atoms with Gasteiger partial charge >= 0.3 is 0 Å². The van der Waals surface area contributed by atoms with Crippen LogP contribution < -0.4 is 5.32 Å². The predicted molar refractivity (Wildman–Crippen MR) is 96.1 cm³/mol. The molecule has 3 rings (SSSR count). The minimum absolute atomic E-state index is 0.113. The molecule has 124 valence electrons. The van der Waals surface area contributed by atoms with Crippen LogP contribution >= 0.6 is 0 Å². The average molecular weight is 321 g/mol. The van der Waals surface area contributed by atoms with E-state index in [2.05, 4.69) is 53.6 Å². The molecule has 1 heterocycles. The fraction of sp³-hybridized carbons (Fsp3) is 0.250. The van der Waals surface area contributed by atoms with Gasteiger partial charge in [-0.3, -0.25) is 0 Å². The zero-order valence-electron chi connectivity index (χ0n) is 13.8. The summed E-state index contributed by atoms with van der Waals surface area (Å²) in [6, 6.07) is 18.5. The van der Waals surface area contributed by atoms with E-state index >= 15 is 0 Å². The highest BCUT2D eigenvalue weighted by molar-refractivity contribution is 5.34. The van der Waals surface area contributed by atoms with E-state index in [-0.39, 0.29) is 5.92 Å². The molecule has 0 fully saturated rings. The molecule has 0 aliphatic rings. The summed E-state index contributed by atoms with van der Waals surface area (Å²) in [7, 11) is 0. The first-order valence-corrected chi connectivity index (χ1v) is 8.25. The number of imidazole rings is 1. The van der Waals surface area contributed by atoms with Crippen molar-refractivity contribution < 1.29 is 5.11 Å². The number of aliphatic hydroxyl groups excluding tert-OH is 1. The SMILES string of the molecule is CC(c1ccccc1)C(O)CNCc1ccc(-n2ccnc2)cc1. The zero-order valence-corrected chi connectivity index (χ0v) is 13.8. The van der Waals surface area contributed by atoms with E-state index < -0.39 is 6.10 Å². The zero-order chi connectivity index (χ0) is 16.8. The molecule has 2 unspecified atom stereocenters. The first kappa shape index (κ1) is 16.4. The molecule has 0 amide bonds. The molecule has 0 radical (unpaired) electrons. The molecule has 2 atom stereocenters. The lowest BCUT2D eigenvalue weighted by Crippen LogP contribution is -2.30. The first-order valence-electron chi connectivity index (χ1n) is 8.25. The van der Waals surface area contributed by atoms with Crippen molar-refractivity contribution in [1.82, 2.24) is 14.9 Å². The van der Waals surface area contributed by atoms with Gasteiger partial charge in [-0.05, 0) is 23.3 Å². The molecular formula is C20H23N3O. The summed E-state index contributed by atoms with van der Waals surface area (Å²) in [5, 5.41) is 13.7. The van der Waals surface area contributed by atoms with E-state index in [0.29, 0.717) is 6.54 Å². The Morgan fingerprint density at radius 3 is 2.50 bits per heavy atom. The number of aromatic nitrogens is 2. The Labute approximate surface area is 142 Å². The van der Waals surface area contributed by atoms with Gasteiger partial charge in [0.1, 0.15) is 0 Å². The van der Waals surface area contributed by atoms with E-state index in [1.54, 1.807) is 12.5 Å². The van der Waals surface area contributed by atoms with Crippen LogP contribution in [0.4, 0.5) is 0 Å². The van der Waals surface area contributed by atoms with Gasteiger partial charge in [0.15, 0.2) is 0 Å². The van der Waals surface area contributed by atoms with Crippen LogP contribution in [0.15, 0.2) is 73.3 Å². The number of hydrogen-bond acceptors (Lipinski definition) is 3. The maximum atomic E-state index is 10.3. The van der Waals surface area contributed by atoms with Gasteiger partial charge in [0, 0.05) is 37.1 Å². The maximum absolute atomic E-state index is 10.3. The van der Waals surface area contributed by atoms with Crippen LogP contribution in [0.25, 0.3) is 5.69 Å². The number of nitrogens with zero attached hydrogens (tertiary/aromatic N) is 2. The lowest BCUT2D eigenvalue weighted by molar-refractivity contribution is 0.146. The second-order valence-corrected chi connectivity index (χ2v) is 6.03. The summed E-state index contributed by atoms with van der Waals surface area (Å²) in [5.41, 5.74) is 3.45. The van der Waals surface area contributed by atoms with Crippen LogP contribution in [0.1, 0.15) is 24.0 Å². The maximum Gasteiger partial charge on any atom is 0.0991 e. The Bertz CT molecular complexity index is 723. The minimum Gasteiger partial charge on any atom is -0.391 e. The van der Waals surface area contributed by atoms with Crippen molar-refractivity contribution in [3.63, 3.8) is 0 Å². The number of benzene rings is 2. The van der Waals surface area contributed by atoms with E-state index in [1.807, 2.05) is 29.0 Å². The van der Waals surface area contributed by atoms with Crippen LogP contribution in [-0.2, 0) is 6.54 Å². The Balaban J connectivity index is 1.49. The van der Waals surface area contributed by atoms with Crippen molar-refractivity contribution in [3.05, 3.63) is 84.4 Å². The molecule has 4 heteroatoms. The van der Waals surface area contributed by atoms with Gasteiger partial charge in [-0.2, -0.15) is 0 Å². The molecule has 1 aromatic heterocycles. The van der Waals surface area contributed by atoms with Gasteiger partial charge in [0.25, 0.3) is 0 Å². The van der Waals surface area contributed by atoms with Gasteiger partial charge in [0.2, 0.25) is 0 Å². The van der Waals surface area contributed by atoms with Crippen molar-refractivity contribution in [2.45, 2.75) is 25.5 Å². The minimum atomic E-state index is -0.405. The van der Waals surface area contributed by atoms with Crippen molar-refractivity contribution in [2.75, 3.05) is 6.54 Å². The summed E-state index contributed by atoms with van der Waals surface area (Å²) in [6.07, 6.45) is 5.08. The molecular weight excluding hydrogens is 298 g/mol. The van der Waals surface area contributed by atoms with Crippen LogP contribution in [-0.4, -0.2) is 27.3 Å². The number of hydrogen-bond donors (Lipinski definition) is 2. The van der Waals surface area contributed by atoms with Crippen molar-refractivity contribution in [3.8, 4) is 5.69 Å². The standard InChI is InChI=1S/C20H23N3O/c1-16(18-5-3-2-4-6-18)20(24)14-22-13-17-7-9-19(10-8-17)23-12-11-21-15-23/h2-12,15-16,20,22,24H,13-14H2,1H3. The highest BCUT2D eigenvalue weighted by atomic mass is 16.3. The largest absolute Gasteiger partial charge is 0.391 e. The van der Waals surface area contributed by atoms with Gasteiger partial charge in [-0.1, -0.05) is 49.4 Å². The van der Waals surface area contributed by atoms with Crippen LogP contribution in [0, 0.1) is 0 Å². The molecule has 0 aliphatic heterocycles. The Kier molecular flexibility index (Phi) is 5.41. The summed E-state index contributed by atoms with van der Waals surface area (Å²) < 4.78 is 1.97. The summed E-state index contributed by atoms with van der Waals surface area (Å²) >= 11 is 0. The topological polar surface area (TPSA) is 50.1 Å². The summed E-state index contributed by atoms with van der Waals surface area (Å²) in [5.74, 6) is 0.113. The number of nitrogens with one attached hydrogen (secondary N) is 1. The van der Waals surface area contributed by atoms with Crippen LogP contribution in [0.2, 0.25) is 0 Å². The molecule has 0 saturated heterocycles. The molecule has 0 saturated carbocycles. The van der Waals surface area contributed by atoms with Crippen molar-refractivity contribution in [1.29, 1.82) is 0 Å². The van der Waals surface area contributed by atoms with Crippen molar-refractivity contribution in [2.24, 2.45) is 0 Å². The second-order valence-electron chi connectivity index (χ2n) is 6.03. The fourth-order valence-corrected chi connectivity index (χ4v) is 2.72. The molecule has 2 N–H and O–H groups in total. The Morgan fingerprint density at radius 2 is 1.83 bits per heavy atom. The van der Waals surface area contributed by atoms with Gasteiger partial charge < -0.3 is 15.0 Å². The van der Waals surface area contributed by atoms with Gasteiger partial charge in [-0.25, -0.2) is 4.98 Å². The third-order valence-electron chi connectivity index (χ3n) is 4.32. The first-order chi connectivity index (χ1) is 11.7. The van der Waals surface area contributed by atoms with E-state index in [4.69, 9.17) is 0 Å². The molecule has 3 aromatic rings. The highest BCUT2D eigenvalue weighted by Crippen LogP contribution is 2.18. The Morgan fingerprint density at radius 1 is 1.08 bits per heavy atom. The average Bonchev–Trinajstić information content (AvgIpc) is 3.17. The third-order valence-corrected chi connectivity index (χ3v) is 4.32. The molecule has 0 aliphatic carbocycles. The lowest BCUT2D eigenvalue weighted by atomic mass is 9.95. The van der Waals surface area contributed by atoms with E-state index in [9.17, 15) is 5.11 Å². The molecule has 4 nitrogen and oxygen atoms in total. The molecule has 2 aromatic carbocycles. The lowest BCUT2D eigenvalue weighted by Gasteiger charge is -2.19.